The summed E-state index contributed by atoms with van der Waals surface area (Å²) >= 11 is 3.52. The molecule has 6 heteroatoms. The molecule has 22 heavy (non-hydrogen) atoms. The lowest BCUT2D eigenvalue weighted by Gasteiger charge is -2.22. The Balaban J connectivity index is 1.91. The molecule has 0 atom stereocenters. The number of rotatable bonds is 0. The van der Waals surface area contributed by atoms with E-state index in [4.69, 9.17) is 0 Å². The molecule has 3 aliphatic heterocycles. The van der Waals surface area contributed by atoms with E-state index in [1.807, 2.05) is 41.3 Å². The zero-order valence-electron chi connectivity index (χ0n) is 11.5. The first-order valence-electron chi connectivity index (χ1n) is 7.07. The van der Waals surface area contributed by atoms with Gasteiger partial charge < -0.3 is 4.90 Å². The number of para-hydroxylation sites is 1. The van der Waals surface area contributed by atoms with Crippen LogP contribution in [0.25, 0.3) is 0 Å². The molecule has 0 radical (unpaired) electrons. The van der Waals surface area contributed by atoms with Crippen LogP contribution in [0.4, 0.5) is 17.1 Å². The van der Waals surface area contributed by atoms with E-state index in [2.05, 4.69) is 31.4 Å². The topological polar surface area (TPSA) is 47.9 Å². The molecule has 5 nitrogen and oxygen atoms in total. The van der Waals surface area contributed by atoms with Crippen molar-refractivity contribution in [2.45, 2.75) is 6.42 Å². The quantitative estimate of drug-likeness (QED) is 0.791. The summed E-state index contributed by atoms with van der Waals surface area (Å²) in [6, 6.07) is 12.1. The van der Waals surface area contributed by atoms with Gasteiger partial charge in [-0.3, -0.25) is 15.1 Å². The first kappa shape index (κ1) is 12.2. The number of nitrogens with zero attached hydrogens (tertiary/aromatic N) is 3. The van der Waals surface area contributed by atoms with Gasteiger partial charge in [-0.25, -0.2) is 0 Å². The van der Waals surface area contributed by atoms with Gasteiger partial charge in [0.1, 0.15) is 6.67 Å². The van der Waals surface area contributed by atoms with Gasteiger partial charge in [-0.05, 0) is 29.8 Å². The summed E-state index contributed by atoms with van der Waals surface area (Å²) in [5.74, 6) is 0.981. The van der Waals surface area contributed by atoms with Crippen molar-refractivity contribution in [1.82, 2.24) is 5.43 Å². The molecule has 0 aromatic heterocycles. The van der Waals surface area contributed by atoms with Crippen LogP contribution in [0, 0.1) is 0 Å². The number of amidine groups is 1. The predicted octanol–water partition coefficient (Wildman–Crippen LogP) is 2.71. The molecule has 5 rings (SSSR count). The maximum absolute atomic E-state index is 12.6. The Bertz CT molecular complexity index is 876. The summed E-state index contributed by atoms with van der Waals surface area (Å²) in [5.41, 5.74) is 7.98. The molecule has 1 N–H and O–H groups in total. The molecule has 0 spiro atoms. The van der Waals surface area contributed by atoms with Crippen molar-refractivity contribution >= 4 is 44.7 Å². The highest BCUT2D eigenvalue weighted by atomic mass is 79.9. The third kappa shape index (κ3) is 1.42. The van der Waals surface area contributed by atoms with Gasteiger partial charge in [-0.15, -0.1) is 0 Å². The Labute approximate surface area is 135 Å². The van der Waals surface area contributed by atoms with Crippen molar-refractivity contribution in [3.63, 3.8) is 0 Å². The maximum atomic E-state index is 12.6. The Kier molecular flexibility index (Phi) is 2.28. The van der Waals surface area contributed by atoms with Gasteiger partial charge in [0, 0.05) is 10.0 Å². The number of hydrogen-bond acceptors (Lipinski definition) is 4. The van der Waals surface area contributed by atoms with Gasteiger partial charge in [0.05, 0.1) is 23.5 Å². The Morgan fingerprint density at radius 1 is 1.18 bits per heavy atom. The average Bonchev–Trinajstić information content (AvgIpc) is 3.07. The first-order valence-corrected chi connectivity index (χ1v) is 7.86. The van der Waals surface area contributed by atoms with E-state index in [0.717, 1.165) is 38.5 Å². The summed E-state index contributed by atoms with van der Waals surface area (Å²) in [5, 5.41) is 4.45. The Morgan fingerprint density at radius 2 is 2.09 bits per heavy atom. The van der Waals surface area contributed by atoms with Crippen molar-refractivity contribution in [3.05, 3.63) is 52.0 Å². The van der Waals surface area contributed by atoms with Crippen LogP contribution in [-0.2, 0) is 11.2 Å². The molecule has 1 amide bonds. The Morgan fingerprint density at radius 3 is 3.00 bits per heavy atom. The van der Waals surface area contributed by atoms with E-state index in [1.165, 1.54) is 0 Å². The maximum Gasteiger partial charge on any atom is 0.236 e. The highest BCUT2D eigenvalue weighted by Gasteiger charge is 2.39. The van der Waals surface area contributed by atoms with Crippen molar-refractivity contribution < 1.29 is 4.79 Å². The number of hydrazone groups is 1. The fourth-order valence-electron chi connectivity index (χ4n) is 3.42. The molecule has 0 saturated heterocycles. The van der Waals surface area contributed by atoms with Crippen LogP contribution in [-0.4, -0.2) is 18.4 Å². The molecular formula is C16H11BrN4O. The molecule has 108 valence electrons. The molecule has 2 aromatic carbocycles. The van der Waals surface area contributed by atoms with E-state index in [-0.39, 0.29) is 5.91 Å². The van der Waals surface area contributed by atoms with Crippen LogP contribution < -0.4 is 15.2 Å². The summed E-state index contributed by atoms with van der Waals surface area (Å²) in [6.45, 7) is 0.607. The van der Waals surface area contributed by atoms with Crippen LogP contribution in [0.2, 0.25) is 0 Å². The number of hydrogen-bond donors (Lipinski definition) is 1. The summed E-state index contributed by atoms with van der Waals surface area (Å²) in [4.78, 5) is 16.6. The molecule has 0 unspecified atom stereocenters. The van der Waals surface area contributed by atoms with Crippen molar-refractivity contribution in [2.24, 2.45) is 5.10 Å². The third-order valence-corrected chi connectivity index (χ3v) is 4.81. The number of nitrogens with one attached hydrogen (secondary N) is 1. The van der Waals surface area contributed by atoms with Gasteiger partial charge >= 0.3 is 0 Å². The zero-order valence-corrected chi connectivity index (χ0v) is 13.1. The fraction of sp³-hybridized carbons (Fsp3) is 0.125. The van der Waals surface area contributed by atoms with Crippen LogP contribution in [0.15, 0.2) is 46.0 Å². The van der Waals surface area contributed by atoms with E-state index in [9.17, 15) is 4.79 Å². The second-order valence-electron chi connectivity index (χ2n) is 5.53. The Hall–Kier alpha value is -2.34. The molecule has 0 bridgehead atoms. The number of amides is 1. The van der Waals surface area contributed by atoms with E-state index in [1.54, 1.807) is 0 Å². The second-order valence-corrected chi connectivity index (χ2v) is 6.45. The van der Waals surface area contributed by atoms with E-state index in [0.29, 0.717) is 13.1 Å². The van der Waals surface area contributed by atoms with Crippen LogP contribution in [0.3, 0.4) is 0 Å². The standard InChI is InChI=1S/C16H11BrN4O/c17-10-4-5-12-13(7-10)21-14(22)6-9-2-1-3-11(15(9)21)16-19-18-8-20(12)16/h1-5,7,18H,6,8H2. The van der Waals surface area contributed by atoms with Crippen LogP contribution in [0.5, 0.6) is 0 Å². The van der Waals surface area contributed by atoms with Crippen LogP contribution >= 0.6 is 15.9 Å². The number of fused-ring (bicyclic) bond motifs is 5. The average molecular weight is 355 g/mol. The number of halogens is 1. The van der Waals surface area contributed by atoms with Gasteiger partial charge in [0.25, 0.3) is 0 Å². The molecule has 0 fully saturated rings. The minimum absolute atomic E-state index is 0.108. The SMILES string of the molecule is O=C1Cc2cccc3c2N1c1cc(Br)ccc1N1CNN=C31. The molecular weight excluding hydrogens is 344 g/mol. The van der Waals surface area contributed by atoms with Crippen LogP contribution in [0.1, 0.15) is 11.1 Å². The minimum Gasteiger partial charge on any atom is -0.303 e. The lowest BCUT2D eigenvalue weighted by atomic mass is 10.1. The highest BCUT2D eigenvalue weighted by molar-refractivity contribution is 9.10. The molecule has 2 aromatic rings. The zero-order chi connectivity index (χ0) is 14.8. The van der Waals surface area contributed by atoms with Crippen molar-refractivity contribution in [2.75, 3.05) is 16.5 Å². The lowest BCUT2D eigenvalue weighted by molar-refractivity contribution is -0.116. The number of benzene rings is 2. The largest absolute Gasteiger partial charge is 0.303 e. The smallest absolute Gasteiger partial charge is 0.236 e. The van der Waals surface area contributed by atoms with Gasteiger partial charge in [0.15, 0.2) is 5.84 Å². The minimum atomic E-state index is 0.108. The first-order chi connectivity index (χ1) is 10.7. The highest BCUT2D eigenvalue weighted by Crippen LogP contribution is 2.47. The number of carbonyl (C=O) groups is 1. The normalized spacial score (nSPS) is 17.5. The monoisotopic (exact) mass is 354 g/mol. The summed E-state index contributed by atoms with van der Waals surface area (Å²) < 4.78 is 0.956. The summed E-state index contributed by atoms with van der Waals surface area (Å²) in [7, 11) is 0. The van der Waals surface area contributed by atoms with Gasteiger partial charge in [-0.2, -0.15) is 5.10 Å². The number of anilines is 3. The predicted molar refractivity (Wildman–Crippen MR) is 88.5 cm³/mol. The van der Waals surface area contributed by atoms with Gasteiger partial charge in [-0.1, -0.05) is 28.1 Å². The fourth-order valence-corrected chi connectivity index (χ4v) is 3.77. The van der Waals surface area contributed by atoms with E-state index < -0.39 is 0 Å². The molecule has 3 heterocycles. The van der Waals surface area contributed by atoms with Gasteiger partial charge in [0.2, 0.25) is 5.91 Å². The second kappa shape index (κ2) is 4.10. The molecule has 0 saturated carbocycles. The van der Waals surface area contributed by atoms with Crippen molar-refractivity contribution in [3.8, 4) is 0 Å². The third-order valence-electron chi connectivity index (χ3n) is 4.31. The van der Waals surface area contributed by atoms with E-state index >= 15 is 0 Å². The van der Waals surface area contributed by atoms with Crippen molar-refractivity contribution in [1.29, 1.82) is 0 Å². The number of carbonyl (C=O) groups excluding carboxylic acids is 1. The lowest BCUT2D eigenvalue weighted by Crippen LogP contribution is -2.29. The molecule has 0 aliphatic carbocycles. The summed E-state index contributed by atoms with van der Waals surface area (Å²) in [6.07, 6.45) is 0.440. The molecule has 3 aliphatic rings.